The van der Waals surface area contributed by atoms with Crippen LogP contribution >= 0.6 is 0 Å². The highest BCUT2D eigenvalue weighted by atomic mass is 16.5. The zero-order valence-electron chi connectivity index (χ0n) is 13.9. The Morgan fingerprint density at radius 1 is 1.33 bits per heavy atom. The number of nitrogens with zero attached hydrogens (tertiary/aromatic N) is 2. The highest BCUT2D eigenvalue weighted by Crippen LogP contribution is 2.25. The van der Waals surface area contributed by atoms with Gasteiger partial charge in [0.1, 0.15) is 6.04 Å². The second-order valence-corrected chi connectivity index (χ2v) is 6.60. The van der Waals surface area contributed by atoms with E-state index in [0.717, 1.165) is 23.2 Å². The Balaban J connectivity index is 1.87. The van der Waals surface area contributed by atoms with E-state index in [-0.39, 0.29) is 11.7 Å². The SMILES string of the molecule is CC(C)Cc1cc(C(=O)N2Cc3ccccc3CC2C(N)=O)on1. The third kappa shape index (κ3) is 3.18. The predicted molar refractivity (Wildman–Crippen MR) is 88.0 cm³/mol. The van der Waals surface area contributed by atoms with Crippen LogP contribution in [0.5, 0.6) is 0 Å². The Labute approximate surface area is 140 Å². The van der Waals surface area contributed by atoms with Crippen molar-refractivity contribution in [1.29, 1.82) is 0 Å². The van der Waals surface area contributed by atoms with Gasteiger partial charge in [0.05, 0.1) is 5.69 Å². The van der Waals surface area contributed by atoms with E-state index in [0.29, 0.717) is 18.9 Å². The molecular weight excluding hydrogens is 306 g/mol. The molecule has 0 radical (unpaired) electrons. The second-order valence-electron chi connectivity index (χ2n) is 6.60. The fourth-order valence-corrected chi connectivity index (χ4v) is 3.06. The molecule has 1 aromatic heterocycles. The van der Waals surface area contributed by atoms with Crippen LogP contribution in [0.2, 0.25) is 0 Å². The van der Waals surface area contributed by atoms with Crippen LogP contribution in [0.25, 0.3) is 0 Å². The van der Waals surface area contributed by atoms with Crippen molar-refractivity contribution in [3.8, 4) is 0 Å². The molecule has 1 unspecified atom stereocenters. The van der Waals surface area contributed by atoms with Gasteiger partial charge in [-0.25, -0.2) is 0 Å². The molecule has 0 saturated carbocycles. The Kier molecular flexibility index (Phi) is 4.38. The molecule has 2 amide bonds. The summed E-state index contributed by atoms with van der Waals surface area (Å²) in [7, 11) is 0. The maximum atomic E-state index is 12.8. The lowest BCUT2D eigenvalue weighted by atomic mass is 9.93. The molecule has 3 rings (SSSR count). The molecule has 126 valence electrons. The van der Waals surface area contributed by atoms with Crippen molar-refractivity contribution >= 4 is 11.8 Å². The molecule has 1 aromatic carbocycles. The standard InChI is InChI=1S/C18H21N3O3/c1-11(2)7-14-9-16(24-20-14)18(23)21-10-13-6-4-3-5-12(13)8-15(21)17(19)22/h3-6,9,11,15H,7-8,10H2,1-2H3,(H2,19,22). The number of rotatable bonds is 4. The maximum absolute atomic E-state index is 12.8. The van der Waals surface area contributed by atoms with Crippen LogP contribution < -0.4 is 5.73 Å². The molecule has 0 bridgehead atoms. The highest BCUT2D eigenvalue weighted by molar-refractivity contribution is 5.95. The van der Waals surface area contributed by atoms with Gasteiger partial charge in [0.25, 0.3) is 5.91 Å². The van der Waals surface area contributed by atoms with Crippen molar-refractivity contribution in [2.75, 3.05) is 0 Å². The number of carbonyl (C=O) groups excluding carboxylic acids is 2. The summed E-state index contributed by atoms with van der Waals surface area (Å²) in [6.07, 6.45) is 1.16. The van der Waals surface area contributed by atoms with E-state index in [1.54, 1.807) is 6.07 Å². The molecule has 1 atom stereocenters. The van der Waals surface area contributed by atoms with Crippen molar-refractivity contribution in [3.05, 3.63) is 52.9 Å². The topological polar surface area (TPSA) is 89.4 Å². The van der Waals surface area contributed by atoms with Gasteiger partial charge >= 0.3 is 0 Å². The van der Waals surface area contributed by atoms with E-state index in [2.05, 4.69) is 19.0 Å². The Hall–Kier alpha value is -2.63. The monoisotopic (exact) mass is 327 g/mol. The molecule has 2 N–H and O–H groups in total. The number of benzene rings is 1. The summed E-state index contributed by atoms with van der Waals surface area (Å²) in [5.74, 6) is -0.301. The molecule has 0 saturated heterocycles. The van der Waals surface area contributed by atoms with Gasteiger partial charge < -0.3 is 15.2 Å². The maximum Gasteiger partial charge on any atom is 0.293 e. The first-order valence-electron chi connectivity index (χ1n) is 8.08. The predicted octanol–water partition coefficient (Wildman–Crippen LogP) is 1.93. The number of carbonyl (C=O) groups is 2. The Morgan fingerprint density at radius 2 is 2.04 bits per heavy atom. The van der Waals surface area contributed by atoms with Crippen molar-refractivity contribution in [2.45, 2.75) is 39.3 Å². The van der Waals surface area contributed by atoms with Crippen molar-refractivity contribution in [1.82, 2.24) is 10.1 Å². The Bertz CT molecular complexity index is 766. The van der Waals surface area contributed by atoms with Crippen LogP contribution in [0.3, 0.4) is 0 Å². The summed E-state index contributed by atoms with van der Waals surface area (Å²) in [6, 6.07) is 8.73. The molecule has 24 heavy (non-hydrogen) atoms. The number of nitrogens with two attached hydrogens (primary N) is 1. The third-order valence-electron chi connectivity index (χ3n) is 4.22. The molecule has 0 fully saturated rings. The van der Waals surface area contributed by atoms with Crippen LogP contribution in [-0.4, -0.2) is 27.9 Å². The fraction of sp³-hybridized carbons (Fsp3) is 0.389. The van der Waals surface area contributed by atoms with Gasteiger partial charge in [-0.15, -0.1) is 0 Å². The normalized spacial score (nSPS) is 17.0. The average molecular weight is 327 g/mol. The number of aromatic nitrogens is 1. The van der Waals surface area contributed by atoms with E-state index < -0.39 is 11.9 Å². The van der Waals surface area contributed by atoms with Gasteiger partial charge in [0.15, 0.2) is 0 Å². The highest BCUT2D eigenvalue weighted by Gasteiger charge is 2.35. The van der Waals surface area contributed by atoms with Gasteiger partial charge in [-0.3, -0.25) is 9.59 Å². The van der Waals surface area contributed by atoms with Crippen molar-refractivity contribution in [2.24, 2.45) is 11.7 Å². The minimum absolute atomic E-state index is 0.149. The molecule has 1 aliphatic rings. The number of hydrogen-bond acceptors (Lipinski definition) is 4. The summed E-state index contributed by atoms with van der Waals surface area (Å²) >= 11 is 0. The quantitative estimate of drug-likeness (QED) is 0.929. The summed E-state index contributed by atoms with van der Waals surface area (Å²) in [4.78, 5) is 26.1. The van der Waals surface area contributed by atoms with Crippen LogP contribution in [-0.2, 0) is 24.2 Å². The van der Waals surface area contributed by atoms with Crippen LogP contribution in [0.4, 0.5) is 0 Å². The average Bonchev–Trinajstić information content (AvgIpc) is 3.00. The second kappa shape index (κ2) is 6.47. The zero-order chi connectivity index (χ0) is 17.3. The van der Waals surface area contributed by atoms with Crippen LogP contribution in [0, 0.1) is 5.92 Å². The van der Waals surface area contributed by atoms with E-state index in [1.807, 2.05) is 24.3 Å². The first-order chi connectivity index (χ1) is 11.5. The number of fused-ring (bicyclic) bond motifs is 1. The summed E-state index contributed by atoms with van der Waals surface area (Å²) in [5, 5.41) is 3.95. The van der Waals surface area contributed by atoms with Gasteiger partial charge in [0.2, 0.25) is 11.7 Å². The van der Waals surface area contributed by atoms with E-state index in [4.69, 9.17) is 10.3 Å². The van der Waals surface area contributed by atoms with Crippen LogP contribution in [0.1, 0.15) is 41.2 Å². The lowest BCUT2D eigenvalue weighted by molar-refractivity contribution is -0.122. The van der Waals surface area contributed by atoms with E-state index in [9.17, 15) is 9.59 Å². The number of primary amides is 1. The lowest BCUT2D eigenvalue weighted by Gasteiger charge is -2.34. The van der Waals surface area contributed by atoms with Crippen molar-refractivity contribution < 1.29 is 14.1 Å². The molecule has 0 spiro atoms. The van der Waals surface area contributed by atoms with Crippen molar-refractivity contribution in [3.63, 3.8) is 0 Å². The molecule has 1 aliphatic heterocycles. The zero-order valence-corrected chi connectivity index (χ0v) is 13.9. The van der Waals surface area contributed by atoms with Gasteiger partial charge in [0, 0.05) is 19.0 Å². The minimum Gasteiger partial charge on any atom is -0.368 e. The first-order valence-corrected chi connectivity index (χ1v) is 8.08. The Morgan fingerprint density at radius 3 is 2.71 bits per heavy atom. The van der Waals surface area contributed by atoms with Gasteiger partial charge in [-0.05, 0) is 23.5 Å². The van der Waals surface area contributed by atoms with Gasteiger partial charge in [-0.2, -0.15) is 0 Å². The summed E-state index contributed by atoms with van der Waals surface area (Å²) in [5.41, 5.74) is 8.32. The third-order valence-corrected chi connectivity index (χ3v) is 4.22. The van der Waals surface area contributed by atoms with Gasteiger partial charge in [-0.1, -0.05) is 43.3 Å². The molecule has 0 aliphatic carbocycles. The number of amides is 2. The molecule has 2 aromatic rings. The van der Waals surface area contributed by atoms with E-state index >= 15 is 0 Å². The van der Waals surface area contributed by atoms with Crippen LogP contribution in [0.15, 0.2) is 34.9 Å². The molecule has 2 heterocycles. The minimum atomic E-state index is -0.675. The molecule has 6 nitrogen and oxygen atoms in total. The fourth-order valence-electron chi connectivity index (χ4n) is 3.06. The summed E-state index contributed by atoms with van der Waals surface area (Å²) < 4.78 is 5.20. The first kappa shape index (κ1) is 16.2. The summed E-state index contributed by atoms with van der Waals surface area (Å²) in [6.45, 7) is 4.48. The smallest absolute Gasteiger partial charge is 0.293 e. The number of hydrogen-bond donors (Lipinski definition) is 1. The molecule has 6 heteroatoms. The van der Waals surface area contributed by atoms with E-state index in [1.165, 1.54) is 4.90 Å². The largest absolute Gasteiger partial charge is 0.368 e. The lowest BCUT2D eigenvalue weighted by Crippen LogP contribution is -2.51. The molecular formula is C18H21N3O3.